The number of rotatable bonds is 8. The Morgan fingerprint density at radius 3 is 2.19 bits per heavy atom. The average Bonchev–Trinajstić information content (AvgIpc) is 3.22. The van der Waals surface area contributed by atoms with E-state index < -0.39 is 59.2 Å². The van der Waals surface area contributed by atoms with E-state index in [0.717, 1.165) is 30.6 Å². The maximum atomic E-state index is 13.6. The van der Waals surface area contributed by atoms with Gasteiger partial charge in [-0.2, -0.15) is 26.3 Å². The first-order valence-corrected chi connectivity index (χ1v) is 15.5. The number of ether oxygens (including phenoxy) is 2. The Morgan fingerprint density at radius 2 is 1.65 bits per heavy atom. The standard InChI is InChI=1S/C34H33F6N3O5/c1-17-9-28(42-7-4-8-42)41-26(29(17)25-14-19(5-6-27(25)47-3)20-10-22(11-20)31(44)45)16-43-18(2)30(48-32(43)46)21-12-23(33(35,36)37)15-24(13-21)34(38,39)40/h5-6,9,12-15,18,20,22,30H,4,7-8,10-11,16H2,1-3H3,(H,44,45)/t18-,20-,22+,30-/m0/s1. The molecule has 3 aliphatic rings. The minimum atomic E-state index is -5.06. The van der Waals surface area contributed by atoms with Crippen molar-refractivity contribution < 1.29 is 50.5 Å². The monoisotopic (exact) mass is 677 g/mol. The predicted octanol–water partition coefficient (Wildman–Crippen LogP) is 7.97. The van der Waals surface area contributed by atoms with Gasteiger partial charge in [-0.3, -0.25) is 9.69 Å². The molecule has 0 radical (unpaired) electrons. The number of anilines is 1. The average molecular weight is 678 g/mol. The highest BCUT2D eigenvalue weighted by atomic mass is 19.4. The van der Waals surface area contributed by atoms with Crippen LogP contribution in [0.2, 0.25) is 0 Å². The predicted molar refractivity (Wildman–Crippen MR) is 162 cm³/mol. The van der Waals surface area contributed by atoms with E-state index >= 15 is 0 Å². The zero-order chi connectivity index (χ0) is 34.7. The van der Waals surface area contributed by atoms with Gasteiger partial charge in [0.2, 0.25) is 0 Å². The van der Waals surface area contributed by atoms with Crippen LogP contribution in [0.15, 0.2) is 42.5 Å². The number of cyclic esters (lactones) is 1. The molecule has 3 heterocycles. The summed E-state index contributed by atoms with van der Waals surface area (Å²) in [6.45, 7) is 4.79. The quantitative estimate of drug-likeness (QED) is 0.242. The molecule has 2 aromatic carbocycles. The molecule has 14 heteroatoms. The Morgan fingerprint density at radius 1 is 1.00 bits per heavy atom. The number of carbonyl (C=O) groups is 2. The Bertz CT molecular complexity index is 1720. The summed E-state index contributed by atoms with van der Waals surface area (Å²) in [5.74, 6) is -0.0607. The van der Waals surface area contributed by atoms with E-state index in [2.05, 4.69) is 4.90 Å². The second kappa shape index (κ2) is 12.2. The van der Waals surface area contributed by atoms with Crippen LogP contribution in [0, 0.1) is 12.8 Å². The van der Waals surface area contributed by atoms with E-state index in [1.807, 2.05) is 25.1 Å². The number of pyridine rings is 1. The lowest BCUT2D eigenvalue weighted by molar-refractivity contribution is -0.145. The number of carboxylic acid groups (broad SMARTS) is 1. The number of aryl methyl sites for hydroxylation is 1. The van der Waals surface area contributed by atoms with E-state index in [1.165, 1.54) is 18.9 Å². The second-order valence-corrected chi connectivity index (χ2v) is 12.6. The van der Waals surface area contributed by atoms with E-state index in [-0.39, 0.29) is 18.5 Å². The number of amides is 1. The summed E-state index contributed by atoms with van der Waals surface area (Å²) in [6.07, 6.45) is -10.5. The molecule has 48 heavy (non-hydrogen) atoms. The summed E-state index contributed by atoms with van der Waals surface area (Å²) in [4.78, 5) is 33.0. The van der Waals surface area contributed by atoms with Crippen LogP contribution in [0.5, 0.6) is 5.75 Å². The van der Waals surface area contributed by atoms with Crippen molar-refractivity contribution in [3.8, 4) is 16.9 Å². The van der Waals surface area contributed by atoms with Crippen LogP contribution in [0.1, 0.15) is 71.7 Å². The third-order valence-corrected chi connectivity index (χ3v) is 9.56. The van der Waals surface area contributed by atoms with Crippen molar-refractivity contribution in [2.45, 2.75) is 70.1 Å². The smallest absolute Gasteiger partial charge is 0.416 e. The van der Waals surface area contributed by atoms with Crippen LogP contribution in [0.4, 0.5) is 37.0 Å². The van der Waals surface area contributed by atoms with Crippen LogP contribution < -0.4 is 9.64 Å². The van der Waals surface area contributed by atoms with Crippen LogP contribution in [0.25, 0.3) is 11.1 Å². The summed E-state index contributed by atoms with van der Waals surface area (Å²) in [5, 5.41) is 9.38. The number of aliphatic carboxylic acids is 1. The van der Waals surface area contributed by atoms with Crippen LogP contribution >= 0.6 is 0 Å². The highest BCUT2D eigenvalue weighted by Gasteiger charge is 2.44. The number of alkyl halides is 6. The first-order chi connectivity index (χ1) is 22.5. The van der Waals surface area contributed by atoms with Crippen molar-refractivity contribution >= 4 is 17.9 Å². The molecule has 1 amide bonds. The van der Waals surface area contributed by atoms with Crippen LogP contribution in [-0.2, 0) is 28.4 Å². The topological polar surface area (TPSA) is 92.2 Å². The maximum Gasteiger partial charge on any atom is 0.416 e. The van der Waals surface area contributed by atoms with Crippen molar-refractivity contribution in [3.05, 3.63) is 76.0 Å². The van der Waals surface area contributed by atoms with Gasteiger partial charge < -0.3 is 19.5 Å². The molecule has 3 fully saturated rings. The fourth-order valence-corrected chi connectivity index (χ4v) is 6.64. The summed E-state index contributed by atoms with van der Waals surface area (Å²) in [5.41, 5.74) is 0.0520. The second-order valence-electron chi connectivity index (χ2n) is 12.6. The van der Waals surface area contributed by atoms with E-state index in [0.29, 0.717) is 53.4 Å². The van der Waals surface area contributed by atoms with Gasteiger partial charge in [0.15, 0.2) is 0 Å². The van der Waals surface area contributed by atoms with Crippen molar-refractivity contribution in [1.29, 1.82) is 0 Å². The maximum absolute atomic E-state index is 13.6. The minimum absolute atomic E-state index is 0.0243. The molecule has 1 saturated carbocycles. The van der Waals surface area contributed by atoms with E-state index in [4.69, 9.17) is 14.5 Å². The third-order valence-electron chi connectivity index (χ3n) is 9.56. The van der Waals surface area contributed by atoms with Gasteiger partial charge in [-0.25, -0.2) is 9.78 Å². The number of aromatic nitrogens is 1. The molecule has 256 valence electrons. The lowest BCUT2D eigenvalue weighted by Crippen LogP contribution is -2.38. The number of benzene rings is 2. The summed E-state index contributed by atoms with van der Waals surface area (Å²) < 4.78 is 92.9. The molecule has 1 aliphatic carbocycles. The normalized spacial score (nSPS) is 22.6. The summed E-state index contributed by atoms with van der Waals surface area (Å²) in [6, 6.07) is 7.76. The molecule has 8 nitrogen and oxygen atoms in total. The Hall–Kier alpha value is -4.49. The molecule has 2 aliphatic heterocycles. The lowest BCUT2D eigenvalue weighted by atomic mass is 9.71. The van der Waals surface area contributed by atoms with Gasteiger partial charge in [-0.15, -0.1) is 0 Å². The van der Waals surface area contributed by atoms with Gasteiger partial charge in [-0.05, 0) is 92.1 Å². The van der Waals surface area contributed by atoms with Crippen molar-refractivity contribution in [2.24, 2.45) is 5.92 Å². The Kier molecular flexibility index (Phi) is 8.49. The highest BCUT2D eigenvalue weighted by Crippen LogP contribution is 2.46. The first kappa shape index (κ1) is 33.4. The molecule has 0 spiro atoms. The van der Waals surface area contributed by atoms with Gasteiger partial charge in [0, 0.05) is 24.2 Å². The molecule has 2 saturated heterocycles. The molecule has 6 rings (SSSR count). The number of nitrogens with zero attached hydrogens (tertiary/aromatic N) is 3. The molecule has 0 bridgehead atoms. The summed E-state index contributed by atoms with van der Waals surface area (Å²) >= 11 is 0. The molecule has 1 N–H and O–H groups in total. The largest absolute Gasteiger partial charge is 0.496 e. The lowest BCUT2D eigenvalue weighted by Gasteiger charge is -2.34. The van der Waals surface area contributed by atoms with Gasteiger partial charge in [-0.1, -0.05) is 6.07 Å². The molecule has 3 aromatic rings. The number of halogens is 6. The number of methoxy groups -OCH3 is 1. The van der Waals surface area contributed by atoms with Gasteiger partial charge in [0.25, 0.3) is 0 Å². The SMILES string of the molecule is COc1ccc([C@H]2C[C@@H](C(=O)O)C2)cc1-c1c(C)cc(N2CCC2)nc1CN1C(=O)O[C@H](c2cc(C(F)(F)F)cc(C(F)(F)F)c2)[C@@H]1C. The van der Waals surface area contributed by atoms with Gasteiger partial charge >= 0.3 is 24.4 Å². The van der Waals surface area contributed by atoms with Gasteiger partial charge in [0.05, 0.1) is 42.4 Å². The molecule has 1 aromatic heterocycles. The molecular formula is C34H33F6N3O5. The number of hydrogen-bond donors (Lipinski definition) is 1. The number of hydrogen-bond acceptors (Lipinski definition) is 6. The van der Waals surface area contributed by atoms with E-state index in [9.17, 15) is 41.0 Å². The number of carboxylic acids is 1. The van der Waals surface area contributed by atoms with Gasteiger partial charge in [0.1, 0.15) is 17.7 Å². The first-order valence-electron chi connectivity index (χ1n) is 15.5. The minimum Gasteiger partial charge on any atom is -0.496 e. The summed E-state index contributed by atoms with van der Waals surface area (Å²) in [7, 11) is 1.51. The van der Waals surface area contributed by atoms with E-state index in [1.54, 1.807) is 6.07 Å². The zero-order valence-electron chi connectivity index (χ0n) is 26.3. The van der Waals surface area contributed by atoms with Crippen LogP contribution in [-0.4, -0.2) is 53.3 Å². The Balaban J connectivity index is 1.39. The van der Waals surface area contributed by atoms with Crippen molar-refractivity contribution in [2.75, 3.05) is 25.1 Å². The fourth-order valence-electron chi connectivity index (χ4n) is 6.64. The molecule has 0 unspecified atom stereocenters. The molecular weight excluding hydrogens is 644 g/mol. The Labute approximate surface area is 272 Å². The highest BCUT2D eigenvalue weighted by molar-refractivity contribution is 5.79. The molecule has 2 atom stereocenters. The fraction of sp³-hybridized carbons (Fsp3) is 0.441. The van der Waals surface area contributed by atoms with Crippen LogP contribution in [0.3, 0.4) is 0 Å². The third kappa shape index (κ3) is 6.24. The van der Waals surface area contributed by atoms with Crippen molar-refractivity contribution in [1.82, 2.24) is 9.88 Å². The van der Waals surface area contributed by atoms with Crippen molar-refractivity contribution in [3.63, 3.8) is 0 Å². The number of carbonyl (C=O) groups excluding carboxylic acids is 1. The zero-order valence-corrected chi connectivity index (χ0v) is 26.3.